The van der Waals surface area contributed by atoms with Crippen molar-refractivity contribution in [1.29, 1.82) is 0 Å². The summed E-state index contributed by atoms with van der Waals surface area (Å²) >= 11 is 0. The molecule has 0 radical (unpaired) electrons. The van der Waals surface area contributed by atoms with Crippen LogP contribution in [0.1, 0.15) is 1.43 Å². The van der Waals surface area contributed by atoms with E-state index < -0.39 is 10.1 Å². The Morgan fingerprint density at radius 2 is 1.88 bits per heavy atom. The van der Waals surface area contributed by atoms with Gasteiger partial charge in [-0.1, -0.05) is 6.58 Å². The molecule has 1 aromatic rings. The monoisotopic (exact) mass is 268 g/mol. The summed E-state index contributed by atoms with van der Waals surface area (Å²) in [7, 11) is -4.14. The molecule has 1 rings (SSSR count). The molecule has 1 N–H and O–H groups in total. The summed E-state index contributed by atoms with van der Waals surface area (Å²) in [5, 5.41) is 0. The molecule has 5 nitrogen and oxygen atoms in total. The Morgan fingerprint density at radius 3 is 2.35 bits per heavy atom. The fraction of sp³-hybridized carbons (Fsp3) is 0.200. The van der Waals surface area contributed by atoms with Gasteiger partial charge in [-0.15, -0.1) is 0 Å². The molecule has 0 saturated carbocycles. The first-order chi connectivity index (χ1) is 7.54. The van der Waals surface area contributed by atoms with Gasteiger partial charge < -0.3 is 10.9 Å². The summed E-state index contributed by atoms with van der Waals surface area (Å²) in [6.07, 6.45) is 1.31. The Morgan fingerprint density at radius 1 is 1.29 bits per heavy atom. The van der Waals surface area contributed by atoms with E-state index >= 15 is 0 Å². The Kier molecular flexibility index (Phi) is 7.49. The maximum Gasteiger partial charge on any atom is 1.00 e. The number of ether oxygens (including phenoxy) is 2. The Balaban J connectivity index is 0. The third-order valence-electron chi connectivity index (χ3n) is 1.71. The standard InChI is InChI=1S/C10H12O5S.Na.H/c1-2-14-7-8-15-9-3-5-10(6-4-9)16(11,12)13;;/h2-6H,1,7-8H2,(H,11,12,13);;/q;+1;-1. The van der Waals surface area contributed by atoms with E-state index in [1.807, 2.05) is 0 Å². The van der Waals surface area contributed by atoms with Gasteiger partial charge in [0.1, 0.15) is 19.0 Å². The van der Waals surface area contributed by atoms with Crippen molar-refractivity contribution in [2.75, 3.05) is 13.2 Å². The molecular weight excluding hydrogens is 255 g/mol. The van der Waals surface area contributed by atoms with E-state index in [2.05, 4.69) is 6.58 Å². The summed E-state index contributed by atoms with van der Waals surface area (Å²) in [5.41, 5.74) is 0. The smallest absolute Gasteiger partial charge is 1.00 e. The van der Waals surface area contributed by atoms with E-state index in [4.69, 9.17) is 14.0 Å². The molecule has 90 valence electrons. The largest absolute Gasteiger partial charge is 1.00 e. The first-order valence-corrected chi connectivity index (χ1v) is 5.91. The van der Waals surface area contributed by atoms with Crippen molar-refractivity contribution >= 4 is 10.1 Å². The second-order valence-electron chi connectivity index (χ2n) is 2.83. The van der Waals surface area contributed by atoms with Crippen LogP contribution in [0.4, 0.5) is 0 Å². The quantitative estimate of drug-likeness (QED) is 0.297. The first-order valence-electron chi connectivity index (χ1n) is 4.47. The van der Waals surface area contributed by atoms with Crippen LogP contribution in [0.5, 0.6) is 5.75 Å². The predicted molar refractivity (Wildman–Crippen MR) is 59.0 cm³/mol. The molecule has 0 bridgehead atoms. The maximum absolute atomic E-state index is 10.7. The van der Waals surface area contributed by atoms with Gasteiger partial charge in [-0.2, -0.15) is 8.42 Å². The molecule has 0 aromatic heterocycles. The SMILES string of the molecule is C=COCCOc1ccc(S(=O)(=O)O)cc1.[H-].[Na+]. The molecule has 1 aromatic carbocycles. The Labute approximate surface area is 124 Å². The topological polar surface area (TPSA) is 72.8 Å². The van der Waals surface area contributed by atoms with Gasteiger partial charge in [0, 0.05) is 0 Å². The third kappa shape index (κ3) is 6.09. The van der Waals surface area contributed by atoms with Gasteiger partial charge in [0.05, 0.1) is 11.2 Å². The molecule has 0 unspecified atom stereocenters. The van der Waals surface area contributed by atoms with E-state index in [1.165, 1.54) is 30.5 Å². The number of benzene rings is 1. The van der Waals surface area contributed by atoms with Crippen LogP contribution in [0.2, 0.25) is 0 Å². The van der Waals surface area contributed by atoms with Crippen LogP contribution in [0, 0.1) is 0 Å². The maximum atomic E-state index is 10.7. The summed E-state index contributed by atoms with van der Waals surface area (Å²) in [6, 6.07) is 5.44. The fourth-order valence-electron chi connectivity index (χ4n) is 0.999. The second-order valence-corrected chi connectivity index (χ2v) is 4.25. The van der Waals surface area contributed by atoms with Gasteiger partial charge in [0.15, 0.2) is 0 Å². The van der Waals surface area contributed by atoms with Gasteiger partial charge in [-0.3, -0.25) is 4.55 Å². The first kappa shape index (κ1) is 16.5. The van der Waals surface area contributed by atoms with Crippen LogP contribution in [0.25, 0.3) is 0 Å². The van der Waals surface area contributed by atoms with Crippen molar-refractivity contribution in [2.45, 2.75) is 4.90 Å². The van der Waals surface area contributed by atoms with Crippen molar-refractivity contribution in [3.8, 4) is 5.75 Å². The minimum Gasteiger partial charge on any atom is -1.00 e. The van der Waals surface area contributed by atoms with E-state index in [1.54, 1.807) is 0 Å². The zero-order valence-electron chi connectivity index (χ0n) is 10.5. The zero-order valence-corrected chi connectivity index (χ0v) is 12.3. The molecule has 0 amide bonds. The van der Waals surface area contributed by atoms with Crippen LogP contribution < -0.4 is 34.3 Å². The zero-order chi connectivity index (χ0) is 12.0. The van der Waals surface area contributed by atoms with Gasteiger partial charge in [0.25, 0.3) is 10.1 Å². The van der Waals surface area contributed by atoms with Crippen LogP contribution in [0.3, 0.4) is 0 Å². The molecule has 7 heteroatoms. The summed E-state index contributed by atoms with van der Waals surface area (Å²) in [5.74, 6) is 0.500. The average Bonchev–Trinajstić information content (AvgIpc) is 2.24. The number of hydrogen-bond acceptors (Lipinski definition) is 4. The van der Waals surface area contributed by atoms with Gasteiger partial charge in [-0.05, 0) is 24.3 Å². The van der Waals surface area contributed by atoms with E-state index in [0.29, 0.717) is 19.0 Å². The van der Waals surface area contributed by atoms with E-state index in [9.17, 15) is 8.42 Å². The van der Waals surface area contributed by atoms with Crippen LogP contribution in [0.15, 0.2) is 42.0 Å². The molecule has 0 fully saturated rings. The van der Waals surface area contributed by atoms with Crippen LogP contribution >= 0.6 is 0 Å². The van der Waals surface area contributed by atoms with Crippen LogP contribution in [-0.2, 0) is 14.9 Å². The summed E-state index contributed by atoms with van der Waals surface area (Å²) in [6.45, 7) is 4.07. The van der Waals surface area contributed by atoms with Crippen molar-refractivity contribution in [2.24, 2.45) is 0 Å². The van der Waals surface area contributed by atoms with Gasteiger partial charge >= 0.3 is 29.6 Å². The minimum atomic E-state index is -4.14. The minimum absolute atomic E-state index is 0. The van der Waals surface area contributed by atoms with Crippen molar-refractivity contribution in [3.63, 3.8) is 0 Å². The Hall–Kier alpha value is -0.530. The molecule has 0 aliphatic carbocycles. The Bertz CT molecular complexity index is 446. The van der Waals surface area contributed by atoms with Crippen molar-refractivity contribution < 1.29 is 53.4 Å². The van der Waals surface area contributed by atoms with Gasteiger partial charge in [-0.25, -0.2) is 0 Å². The predicted octanol–water partition coefficient (Wildman–Crippen LogP) is -1.41. The van der Waals surface area contributed by atoms with E-state index in [-0.39, 0.29) is 35.9 Å². The second kappa shape index (κ2) is 7.73. The van der Waals surface area contributed by atoms with Crippen molar-refractivity contribution in [1.82, 2.24) is 0 Å². The normalized spacial score (nSPS) is 10.2. The fourth-order valence-corrected chi connectivity index (χ4v) is 1.48. The van der Waals surface area contributed by atoms with Crippen molar-refractivity contribution in [3.05, 3.63) is 37.1 Å². The molecule has 0 heterocycles. The molecule has 0 saturated heterocycles. The summed E-state index contributed by atoms with van der Waals surface area (Å²) < 4.78 is 40.2. The van der Waals surface area contributed by atoms with Crippen LogP contribution in [-0.4, -0.2) is 26.2 Å². The van der Waals surface area contributed by atoms with E-state index in [0.717, 1.165) is 0 Å². The third-order valence-corrected chi connectivity index (χ3v) is 2.58. The summed E-state index contributed by atoms with van der Waals surface area (Å²) in [4.78, 5) is -0.165. The average molecular weight is 268 g/mol. The number of rotatable bonds is 6. The molecule has 0 aliphatic rings. The molecule has 17 heavy (non-hydrogen) atoms. The molecule has 0 aliphatic heterocycles. The molecular formula is C10H13NaO5S. The van der Waals surface area contributed by atoms with Gasteiger partial charge in [0.2, 0.25) is 0 Å². The molecule has 0 atom stereocenters. The number of hydrogen-bond donors (Lipinski definition) is 1. The molecule has 0 spiro atoms.